The van der Waals surface area contributed by atoms with Crippen LogP contribution in [0.25, 0.3) is 10.6 Å². The number of aliphatic imine (C=N–C) groups is 1. The molecule has 1 fully saturated rings. The predicted molar refractivity (Wildman–Crippen MR) is 121 cm³/mol. The Morgan fingerprint density at radius 1 is 1.21 bits per heavy atom. The van der Waals surface area contributed by atoms with Gasteiger partial charge in [0.05, 0.1) is 25.5 Å². The van der Waals surface area contributed by atoms with E-state index in [1.165, 1.54) is 0 Å². The van der Waals surface area contributed by atoms with Gasteiger partial charge in [-0.05, 0) is 12.3 Å². The van der Waals surface area contributed by atoms with Crippen LogP contribution in [0.5, 0.6) is 0 Å². The number of nitrogens with zero attached hydrogens (tertiary/aromatic N) is 3. The Labute approximate surface area is 178 Å². The Kier molecular flexibility index (Phi) is 8.46. The Balaban J connectivity index is 1.51. The van der Waals surface area contributed by atoms with Crippen molar-refractivity contribution in [1.29, 1.82) is 0 Å². The van der Waals surface area contributed by atoms with Crippen molar-refractivity contribution < 1.29 is 4.74 Å². The lowest BCUT2D eigenvalue weighted by Crippen LogP contribution is -2.51. The van der Waals surface area contributed by atoms with Crippen LogP contribution in [-0.2, 0) is 11.3 Å². The molecule has 158 valence electrons. The van der Waals surface area contributed by atoms with Crippen LogP contribution in [-0.4, -0.2) is 61.8 Å². The molecule has 1 saturated heterocycles. The highest BCUT2D eigenvalue weighted by Gasteiger charge is 2.22. The molecule has 0 amide bonds. The van der Waals surface area contributed by atoms with Crippen LogP contribution >= 0.6 is 11.3 Å². The molecule has 1 aromatic heterocycles. The lowest BCUT2D eigenvalue weighted by molar-refractivity contribution is 0.0132. The lowest BCUT2D eigenvalue weighted by atomic mass is 10.0. The molecule has 2 N–H and O–H groups in total. The van der Waals surface area contributed by atoms with Gasteiger partial charge in [0.25, 0.3) is 0 Å². The van der Waals surface area contributed by atoms with E-state index in [1.807, 2.05) is 25.2 Å². The average Bonchev–Trinajstić information content (AvgIpc) is 3.23. The van der Waals surface area contributed by atoms with Crippen LogP contribution in [0.2, 0.25) is 0 Å². The Bertz CT molecular complexity index is 756. The molecule has 29 heavy (non-hydrogen) atoms. The van der Waals surface area contributed by atoms with Gasteiger partial charge in [-0.2, -0.15) is 0 Å². The summed E-state index contributed by atoms with van der Waals surface area (Å²) in [5, 5.41) is 10.1. The maximum atomic E-state index is 5.52. The SMILES string of the molecule is CN=C(NCc1csc(-c2ccccc2)n1)NCC(CC(C)C)N1CCOCC1. The molecule has 0 spiro atoms. The number of morpholine rings is 1. The van der Waals surface area contributed by atoms with Crippen molar-refractivity contribution in [3.05, 3.63) is 41.4 Å². The first-order valence-corrected chi connectivity index (χ1v) is 11.3. The number of hydrogen-bond donors (Lipinski definition) is 2. The molecule has 0 radical (unpaired) electrons. The van der Waals surface area contributed by atoms with Gasteiger partial charge < -0.3 is 15.4 Å². The molecule has 3 rings (SSSR count). The highest BCUT2D eigenvalue weighted by atomic mass is 32.1. The van der Waals surface area contributed by atoms with Crippen molar-refractivity contribution in [3.8, 4) is 10.6 Å². The van der Waals surface area contributed by atoms with Crippen molar-refractivity contribution in [2.75, 3.05) is 39.9 Å². The van der Waals surface area contributed by atoms with E-state index in [2.05, 4.69) is 51.9 Å². The monoisotopic (exact) mass is 415 g/mol. The van der Waals surface area contributed by atoms with Gasteiger partial charge in [0.2, 0.25) is 0 Å². The minimum Gasteiger partial charge on any atom is -0.379 e. The molecule has 7 heteroatoms. The van der Waals surface area contributed by atoms with E-state index in [0.29, 0.717) is 18.5 Å². The number of rotatable bonds is 8. The molecule has 1 aliphatic heterocycles. The standard InChI is InChI=1S/C22H33N5OS/c1-17(2)13-20(27-9-11-28-12-10-27)15-25-22(23-3)24-14-19-16-29-21(26-19)18-7-5-4-6-8-18/h4-8,16-17,20H,9-15H2,1-3H3,(H2,23,24,25). The minimum atomic E-state index is 0.487. The molecule has 2 aromatic rings. The molecule has 6 nitrogen and oxygen atoms in total. The summed E-state index contributed by atoms with van der Waals surface area (Å²) in [5.41, 5.74) is 2.19. The van der Waals surface area contributed by atoms with Crippen LogP contribution in [0.3, 0.4) is 0 Å². The van der Waals surface area contributed by atoms with Crippen LogP contribution in [0.1, 0.15) is 26.0 Å². The van der Waals surface area contributed by atoms with Crippen LogP contribution in [0.15, 0.2) is 40.7 Å². The normalized spacial score (nSPS) is 16.8. The number of thiazole rings is 1. The molecule has 1 atom stereocenters. The van der Waals surface area contributed by atoms with Crippen molar-refractivity contribution in [2.24, 2.45) is 10.9 Å². The fourth-order valence-electron chi connectivity index (χ4n) is 3.56. The molecular weight excluding hydrogens is 382 g/mol. The van der Waals surface area contributed by atoms with Crippen molar-refractivity contribution in [1.82, 2.24) is 20.5 Å². The van der Waals surface area contributed by atoms with Crippen molar-refractivity contribution in [2.45, 2.75) is 32.9 Å². The lowest BCUT2D eigenvalue weighted by Gasteiger charge is -2.35. The third kappa shape index (κ3) is 6.80. The van der Waals surface area contributed by atoms with E-state index < -0.39 is 0 Å². The molecule has 1 aromatic carbocycles. The van der Waals surface area contributed by atoms with Crippen LogP contribution in [0.4, 0.5) is 0 Å². The summed E-state index contributed by atoms with van der Waals surface area (Å²) in [6.07, 6.45) is 1.16. The van der Waals surface area contributed by atoms with Gasteiger partial charge in [-0.3, -0.25) is 9.89 Å². The summed E-state index contributed by atoms with van der Waals surface area (Å²) < 4.78 is 5.52. The first-order valence-electron chi connectivity index (χ1n) is 10.4. The minimum absolute atomic E-state index is 0.487. The zero-order valence-corrected chi connectivity index (χ0v) is 18.5. The summed E-state index contributed by atoms with van der Waals surface area (Å²) in [4.78, 5) is 11.7. The van der Waals surface area contributed by atoms with Gasteiger partial charge in [-0.25, -0.2) is 4.98 Å². The average molecular weight is 416 g/mol. The second-order valence-electron chi connectivity index (χ2n) is 7.75. The number of benzene rings is 1. The number of aromatic nitrogens is 1. The quantitative estimate of drug-likeness (QED) is 0.512. The largest absolute Gasteiger partial charge is 0.379 e. The van der Waals surface area contributed by atoms with Gasteiger partial charge in [-0.1, -0.05) is 44.2 Å². The van der Waals surface area contributed by atoms with Crippen molar-refractivity contribution in [3.63, 3.8) is 0 Å². The third-order valence-corrected chi connectivity index (χ3v) is 5.98. The van der Waals surface area contributed by atoms with E-state index in [4.69, 9.17) is 9.72 Å². The predicted octanol–water partition coefficient (Wildman–Crippen LogP) is 3.22. The Morgan fingerprint density at radius 2 is 1.97 bits per heavy atom. The second-order valence-corrected chi connectivity index (χ2v) is 8.61. The second kappa shape index (κ2) is 11.3. The van der Waals surface area contributed by atoms with Gasteiger partial charge in [0, 0.05) is 43.7 Å². The highest BCUT2D eigenvalue weighted by molar-refractivity contribution is 7.13. The highest BCUT2D eigenvalue weighted by Crippen LogP contribution is 2.23. The van der Waals surface area contributed by atoms with Gasteiger partial charge in [0.15, 0.2) is 5.96 Å². The first kappa shape index (κ1) is 21.7. The number of guanidine groups is 1. The Hall–Kier alpha value is -1.96. The topological polar surface area (TPSA) is 61.8 Å². The molecule has 1 unspecified atom stereocenters. The third-order valence-electron chi connectivity index (χ3n) is 5.04. The van der Waals surface area contributed by atoms with Crippen molar-refractivity contribution >= 4 is 17.3 Å². The summed E-state index contributed by atoms with van der Waals surface area (Å²) in [7, 11) is 1.82. The van der Waals surface area contributed by atoms with Crippen LogP contribution in [0, 0.1) is 5.92 Å². The molecule has 1 aliphatic rings. The number of hydrogen-bond acceptors (Lipinski definition) is 5. The summed E-state index contributed by atoms with van der Waals surface area (Å²) >= 11 is 1.68. The van der Waals surface area contributed by atoms with Gasteiger partial charge in [0.1, 0.15) is 5.01 Å². The molecule has 0 saturated carbocycles. The maximum Gasteiger partial charge on any atom is 0.191 e. The fourth-order valence-corrected chi connectivity index (χ4v) is 4.38. The zero-order chi connectivity index (χ0) is 20.5. The van der Waals surface area contributed by atoms with E-state index in [9.17, 15) is 0 Å². The van der Waals surface area contributed by atoms with Gasteiger partial charge >= 0.3 is 0 Å². The number of nitrogens with one attached hydrogen (secondary N) is 2. The molecule has 0 bridgehead atoms. The maximum absolute atomic E-state index is 5.52. The number of ether oxygens (including phenoxy) is 1. The molecule has 0 aliphatic carbocycles. The van der Waals surface area contributed by atoms with E-state index >= 15 is 0 Å². The zero-order valence-electron chi connectivity index (χ0n) is 17.7. The first-order chi connectivity index (χ1) is 14.2. The summed E-state index contributed by atoms with van der Waals surface area (Å²) in [6, 6.07) is 10.8. The van der Waals surface area contributed by atoms with E-state index in [0.717, 1.165) is 61.5 Å². The Morgan fingerprint density at radius 3 is 2.66 bits per heavy atom. The molecule has 2 heterocycles. The smallest absolute Gasteiger partial charge is 0.191 e. The van der Waals surface area contributed by atoms with E-state index in [1.54, 1.807) is 11.3 Å². The summed E-state index contributed by atoms with van der Waals surface area (Å²) in [5.74, 6) is 1.48. The van der Waals surface area contributed by atoms with Crippen LogP contribution < -0.4 is 10.6 Å². The fraction of sp³-hybridized carbons (Fsp3) is 0.545. The van der Waals surface area contributed by atoms with E-state index in [-0.39, 0.29) is 0 Å². The summed E-state index contributed by atoms with van der Waals surface area (Å²) in [6.45, 7) is 9.78. The molecular formula is C22H33N5OS. The van der Waals surface area contributed by atoms with Gasteiger partial charge in [-0.15, -0.1) is 11.3 Å².